The van der Waals surface area contributed by atoms with E-state index in [9.17, 15) is 0 Å². The van der Waals surface area contributed by atoms with E-state index in [1.165, 1.54) is 0 Å². The van der Waals surface area contributed by atoms with Crippen molar-refractivity contribution in [3.05, 3.63) is 0 Å². The average molecular weight is 175 g/mol. The van der Waals surface area contributed by atoms with Crippen LogP contribution in [-0.4, -0.2) is 32.5 Å². The van der Waals surface area contributed by atoms with E-state index in [0.29, 0.717) is 13.2 Å². The molecule has 0 aliphatic heterocycles. The second-order valence-corrected chi connectivity index (χ2v) is 2.80. The summed E-state index contributed by atoms with van der Waals surface area (Å²) in [5, 5.41) is 0. The van der Waals surface area contributed by atoms with Gasteiger partial charge in [0.15, 0.2) is 0 Å². The van der Waals surface area contributed by atoms with E-state index in [-0.39, 0.29) is 6.10 Å². The normalized spacial score (nSPS) is 13.2. The SMILES string of the molecule is CCCOCC(CN)OCCC. The molecule has 0 aliphatic rings. The molecule has 0 radical (unpaired) electrons. The largest absolute Gasteiger partial charge is 0.379 e. The van der Waals surface area contributed by atoms with E-state index in [4.69, 9.17) is 15.2 Å². The van der Waals surface area contributed by atoms with Gasteiger partial charge in [-0.05, 0) is 12.8 Å². The van der Waals surface area contributed by atoms with Gasteiger partial charge in [0, 0.05) is 19.8 Å². The third-order valence-corrected chi connectivity index (χ3v) is 1.47. The number of nitrogens with two attached hydrogens (primary N) is 1. The summed E-state index contributed by atoms with van der Waals surface area (Å²) in [5.41, 5.74) is 5.49. The predicted molar refractivity (Wildman–Crippen MR) is 50.2 cm³/mol. The molecule has 2 N–H and O–H groups in total. The molecule has 0 rings (SSSR count). The number of hydrogen-bond donors (Lipinski definition) is 1. The Morgan fingerprint density at radius 1 is 1.17 bits per heavy atom. The maximum absolute atomic E-state index is 5.49. The molecule has 0 fully saturated rings. The van der Waals surface area contributed by atoms with Crippen molar-refractivity contribution in [3.63, 3.8) is 0 Å². The van der Waals surface area contributed by atoms with E-state index in [0.717, 1.165) is 26.1 Å². The lowest BCUT2D eigenvalue weighted by Crippen LogP contribution is -2.29. The molecule has 0 amide bonds. The van der Waals surface area contributed by atoms with Gasteiger partial charge >= 0.3 is 0 Å². The maximum Gasteiger partial charge on any atom is 0.0930 e. The van der Waals surface area contributed by atoms with Crippen molar-refractivity contribution in [1.82, 2.24) is 0 Å². The van der Waals surface area contributed by atoms with Crippen molar-refractivity contribution in [3.8, 4) is 0 Å². The van der Waals surface area contributed by atoms with Crippen LogP contribution in [0.2, 0.25) is 0 Å². The van der Waals surface area contributed by atoms with Crippen LogP contribution in [0.1, 0.15) is 26.7 Å². The molecule has 0 bridgehead atoms. The summed E-state index contributed by atoms with van der Waals surface area (Å²) in [6.45, 7) is 6.92. The van der Waals surface area contributed by atoms with Crippen molar-refractivity contribution in [2.24, 2.45) is 5.73 Å². The zero-order valence-electron chi connectivity index (χ0n) is 8.21. The monoisotopic (exact) mass is 175 g/mol. The number of hydrogen-bond acceptors (Lipinski definition) is 3. The first-order valence-corrected chi connectivity index (χ1v) is 4.74. The molecule has 0 aromatic rings. The first-order valence-electron chi connectivity index (χ1n) is 4.74. The Labute approximate surface area is 75.2 Å². The lowest BCUT2D eigenvalue weighted by atomic mass is 10.4. The van der Waals surface area contributed by atoms with Crippen LogP contribution in [0.15, 0.2) is 0 Å². The number of rotatable bonds is 8. The van der Waals surface area contributed by atoms with Crippen LogP contribution < -0.4 is 5.73 Å². The Kier molecular flexibility index (Phi) is 8.88. The smallest absolute Gasteiger partial charge is 0.0930 e. The van der Waals surface area contributed by atoms with Crippen molar-refractivity contribution < 1.29 is 9.47 Å². The Balaban J connectivity index is 3.26. The van der Waals surface area contributed by atoms with E-state index in [2.05, 4.69) is 13.8 Å². The summed E-state index contributed by atoms with van der Waals surface area (Å²) < 4.78 is 10.8. The molecule has 12 heavy (non-hydrogen) atoms. The quantitative estimate of drug-likeness (QED) is 0.563. The van der Waals surface area contributed by atoms with Gasteiger partial charge in [0.25, 0.3) is 0 Å². The van der Waals surface area contributed by atoms with Crippen LogP contribution >= 0.6 is 0 Å². The minimum absolute atomic E-state index is 0.0801. The van der Waals surface area contributed by atoms with Crippen LogP contribution in [0.3, 0.4) is 0 Å². The Bertz CT molecular complexity index is 88.6. The Hall–Kier alpha value is -0.120. The first kappa shape index (κ1) is 11.9. The molecule has 0 spiro atoms. The highest BCUT2D eigenvalue weighted by molar-refractivity contribution is 4.56. The standard InChI is InChI=1S/C9H21NO2/c1-3-5-11-8-9(7-10)12-6-4-2/h9H,3-8,10H2,1-2H3. The van der Waals surface area contributed by atoms with Gasteiger partial charge in [0.2, 0.25) is 0 Å². The fourth-order valence-electron chi connectivity index (χ4n) is 0.828. The molecule has 0 heterocycles. The highest BCUT2D eigenvalue weighted by Gasteiger charge is 2.05. The summed E-state index contributed by atoms with van der Waals surface area (Å²) in [6.07, 6.45) is 2.16. The fourth-order valence-corrected chi connectivity index (χ4v) is 0.828. The molecule has 1 atom stereocenters. The number of ether oxygens (including phenoxy) is 2. The predicted octanol–water partition coefficient (Wildman–Crippen LogP) is 1.17. The van der Waals surface area contributed by atoms with Crippen molar-refractivity contribution in [1.29, 1.82) is 0 Å². The van der Waals surface area contributed by atoms with Crippen LogP contribution in [0, 0.1) is 0 Å². The minimum atomic E-state index is 0.0801. The van der Waals surface area contributed by atoms with Gasteiger partial charge in [-0.25, -0.2) is 0 Å². The van der Waals surface area contributed by atoms with E-state index in [1.54, 1.807) is 0 Å². The Morgan fingerprint density at radius 2 is 1.83 bits per heavy atom. The van der Waals surface area contributed by atoms with Crippen LogP contribution in [0.4, 0.5) is 0 Å². The molecule has 0 aliphatic carbocycles. The van der Waals surface area contributed by atoms with Gasteiger partial charge < -0.3 is 15.2 Å². The van der Waals surface area contributed by atoms with Crippen LogP contribution in [-0.2, 0) is 9.47 Å². The van der Waals surface area contributed by atoms with E-state index in [1.807, 2.05) is 0 Å². The van der Waals surface area contributed by atoms with Crippen molar-refractivity contribution in [2.45, 2.75) is 32.8 Å². The molecule has 3 heteroatoms. The second kappa shape index (κ2) is 8.97. The van der Waals surface area contributed by atoms with Gasteiger partial charge in [0.05, 0.1) is 12.7 Å². The molecule has 74 valence electrons. The lowest BCUT2D eigenvalue weighted by Gasteiger charge is -2.15. The molecule has 0 saturated heterocycles. The molecule has 0 aromatic heterocycles. The van der Waals surface area contributed by atoms with Crippen molar-refractivity contribution in [2.75, 3.05) is 26.4 Å². The zero-order chi connectivity index (χ0) is 9.23. The van der Waals surface area contributed by atoms with Gasteiger partial charge in [-0.1, -0.05) is 13.8 Å². The van der Waals surface area contributed by atoms with Gasteiger partial charge in [0.1, 0.15) is 0 Å². The Morgan fingerprint density at radius 3 is 2.33 bits per heavy atom. The van der Waals surface area contributed by atoms with Crippen molar-refractivity contribution >= 4 is 0 Å². The fraction of sp³-hybridized carbons (Fsp3) is 1.00. The molecule has 0 saturated carbocycles. The molecule has 0 aromatic carbocycles. The van der Waals surface area contributed by atoms with E-state index < -0.39 is 0 Å². The summed E-state index contributed by atoms with van der Waals surface area (Å²) >= 11 is 0. The van der Waals surface area contributed by atoms with Gasteiger partial charge in [-0.15, -0.1) is 0 Å². The molecule has 1 unspecified atom stereocenters. The summed E-state index contributed by atoms with van der Waals surface area (Å²) in [7, 11) is 0. The third-order valence-electron chi connectivity index (χ3n) is 1.47. The van der Waals surface area contributed by atoms with Gasteiger partial charge in [-0.3, -0.25) is 0 Å². The lowest BCUT2D eigenvalue weighted by molar-refractivity contribution is -0.0111. The molecular weight excluding hydrogens is 154 g/mol. The molecule has 3 nitrogen and oxygen atoms in total. The van der Waals surface area contributed by atoms with Crippen LogP contribution in [0.25, 0.3) is 0 Å². The average Bonchev–Trinajstić information content (AvgIpc) is 2.11. The second-order valence-electron chi connectivity index (χ2n) is 2.80. The molecular formula is C9H21NO2. The zero-order valence-corrected chi connectivity index (χ0v) is 8.21. The first-order chi connectivity index (χ1) is 5.85. The van der Waals surface area contributed by atoms with Crippen LogP contribution in [0.5, 0.6) is 0 Å². The minimum Gasteiger partial charge on any atom is -0.379 e. The highest BCUT2D eigenvalue weighted by Crippen LogP contribution is 1.93. The van der Waals surface area contributed by atoms with E-state index >= 15 is 0 Å². The third kappa shape index (κ3) is 6.58. The van der Waals surface area contributed by atoms with Gasteiger partial charge in [-0.2, -0.15) is 0 Å². The highest BCUT2D eigenvalue weighted by atomic mass is 16.5. The summed E-state index contributed by atoms with van der Waals surface area (Å²) in [4.78, 5) is 0. The summed E-state index contributed by atoms with van der Waals surface area (Å²) in [5.74, 6) is 0. The maximum atomic E-state index is 5.49. The topological polar surface area (TPSA) is 44.5 Å². The summed E-state index contributed by atoms with van der Waals surface area (Å²) in [6, 6.07) is 0.